The van der Waals surface area contributed by atoms with E-state index in [-0.39, 0.29) is 5.91 Å². The van der Waals surface area contributed by atoms with Gasteiger partial charge in [0.25, 0.3) is 0 Å². The predicted octanol–water partition coefficient (Wildman–Crippen LogP) is 1.57. The molecule has 4 rings (SSSR count). The molecule has 0 aromatic carbocycles. The molecule has 0 spiro atoms. The van der Waals surface area contributed by atoms with Crippen molar-refractivity contribution in [1.29, 1.82) is 0 Å². The Bertz CT molecular complexity index is 518. The Kier molecular flexibility index (Phi) is 3.45. The van der Waals surface area contributed by atoms with Crippen molar-refractivity contribution in [2.75, 3.05) is 19.6 Å². The number of hydrogen-bond acceptors (Lipinski definition) is 3. The molecule has 0 unspecified atom stereocenters. The zero-order valence-corrected chi connectivity index (χ0v) is 12.5. The lowest BCUT2D eigenvalue weighted by Crippen LogP contribution is -2.43. The molecule has 2 heterocycles. The van der Waals surface area contributed by atoms with E-state index in [0.29, 0.717) is 12.0 Å². The lowest BCUT2D eigenvalue weighted by molar-refractivity contribution is -0.121. The van der Waals surface area contributed by atoms with Crippen LogP contribution in [0.2, 0.25) is 0 Å². The second kappa shape index (κ2) is 5.44. The van der Waals surface area contributed by atoms with Crippen LogP contribution >= 0.6 is 0 Å². The van der Waals surface area contributed by atoms with Gasteiger partial charge >= 0.3 is 0 Å². The fourth-order valence-corrected chi connectivity index (χ4v) is 3.32. The molecule has 1 atom stereocenters. The van der Waals surface area contributed by atoms with Gasteiger partial charge in [-0.1, -0.05) is 0 Å². The molecular weight excluding hydrogens is 264 g/mol. The van der Waals surface area contributed by atoms with Crippen LogP contribution in [0, 0.1) is 11.8 Å². The van der Waals surface area contributed by atoms with Gasteiger partial charge in [0.2, 0.25) is 5.91 Å². The van der Waals surface area contributed by atoms with E-state index < -0.39 is 0 Å². The van der Waals surface area contributed by atoms with Gasteiger partial charge in [0.1, 0.15) is 0 Å². The zero-order chi connectivity index (χ0) is 14.2. The molecule has 2 saturated carbocycles. The van der Waals surface area contributed by atoms with Gasteiger partial charge in [-0.25, -0.2) is 4.98 Å². The molecule has 3 aliphatic rings. The molecule has 1 aromatic heterocycles. The van der Waals surface area contributed by atoms with Gasteiger partial charge in [-0.05, 0) is 37.5 Å². The average Bonchev–Trinajstić information content (AvgIpc) is 3.38. The van der Waals surface area contributed by atoms with Crippen LogP contribution in [-0.2, 0) is 11.3 Å². The van der Waals surface area contributed by atoms with Gasteiger partial charge in [0.15, 0.2) is 0 Å². The van der Waals surface area contributed by atoms with E-state index >= 15 is 0 Å². The van der Waals surface area contributed by atoms with Crippen LogP contribution in [0.5, 0.6) is 0 Å². The average molecular weight is 288 g/mol. The summed E-state index contributed by atoms with van der Waals surface area (Å²) in [6, 6.07) is 0.332. The normalized spacial score (nSPS) is 25.6. The van der Waals surface area contributed by atoms with E-state index in [9.17, 15) is 4.79 Å². The number of aromatic nitrogens is 2. The highest BCUT2D eigenvalue weighted by atomic mass is 16.1. The Morgan fingerprint density at radius 1 is 1.29 bits per heavy atom. The topological polar surface area (TPSA) is 50.2 Å². The molecule has 114 valence electrons. The number of fused-ring (bicyclic) bond motifs is 1. The van der Waals surface area contributed by atoms with Crippen LogP contribution < -0.4 is 5.32 Å². The Morgan fingerprint density at radius 3 is 2.86 bits per heavy atom. The number of amides is 1. The van der Waals surface area contributed by atoms with Gasteiger partial charge in [0.05, 0.1) is 18.1 Å². The van der Waals surface area contributed by atoms with Crippen molar-refractivity contribution < 1.29 is 4.79 Å². The SMILES string of the molecule is O=C(CC1CC1)NC[C@@H]1CN(CC2CC2)Cc2cncn21. The minimum absolute atomic E-state index is 0.221. The molecule has 5 nitrogen and oxygen atoms in total. The van der Waals surface area contributed by atoms with Crippen molar-refractivity contribution in [1.82, 2.24) is 19.8 Å². The summed E-state index contributed by atoms with van der Waals surface area (Å²) in [5, 5.41) is 3.13. The Balaban J connectivity index is 1.36. The van der Waals surface area contributed by atoms with Crippen molar-refractivity contribution in [3.05, 3.63) is 18.2 Å². The lowest BCUT2D eigenvalue weighted by Gasteiger charge is -2.34. The standard InChI is InChI=1S/C16H24N4O/c21-16(5-12-1-2-12)18-7-15-10-19(8-13-3-4-13)9-14-6-17-11-20(14)15/h6,11-13,15H,1-5,7-10H2,(H,18,21)/t15-/m1/s1. The number of rotatable bonds is 6. The monoisotopic (exact) mass is 288 g/mol. The smallest absolute Gasteiger partial charge is 0.220 e. The highest BCUT2D eigenvalue weighted by molar-refractivity contribution is 5.76. The molecule has 2 fully saturated rings. The van der Waals surface area contributed by atoms with E-state index in [2.05, 4.69) is 19.8 Å². The summed E-state index contributed by atoms with van der Waals surface area (Å²) < 4.78 is 2.25. The number of nitrogens with zero attached hydrogens (tertiary/aromatic N) is 3. The summed E-state index contributed by atoms with van der Waals surface area (Å²) in [6.07, 6.45) is 9.85. The lowest BCUT2D eigenvalue weighted by atomic mass is 10.1. The van der Waals surface area contributed by atoms with Crippen LogP contribution in [0.15, 0.2) is 12.5 Å². The van der Waals surface area contributed by atoms with Crippen LogP contribution in [0.4, 0.5) is 0 Å². The van der Waals surface area contributed by atoms with Gasteiger partial charge in [-0.2, -0.15) is 0 Å². The van der Waals surface area contributed by atoms with Crippen molar-refractivity contribution >= 4 is 5.91 Å². The minimum Gasteiger partial charge on any atom is -0.354 e. The maximum Gasteiger partial charge on any atom is 0.220 e. The first kappa shape index (κ1) is 13.3. The number of carbonyl (C=O) groups excluding carboxylic acids is 1. The minimum atomic E-state index is 0.221. The van der Waals surface area contributed by atoms with Crippen LogP contribution in [0.3, 0.4) is 0 Å². The third-order valence-corrected chi connectivity index (χ3v) is 4.91. The second-order valence-corrected chi connectivity index (χ2v) is 7.04. The molecule has 0 radical (unpaired) electrons. The molecular formula is C16H24N4O. The van der Waals surface area contributed by atoms with E-state index in [1.165, 1.54) is 37.9 Å². The van der Waals surface area contributed by atoms with Crippen molar-refractivity contribution in [2.45, 2.75) is 44.7 Å². The molecule has 21 heavy (non-hydrogen) atoms. The van der Waals surface area contributed by atoms with E-state index in [1.54, 1.807) is 0 Å². The van der Waals surface area contributed by atoms with Crippen molar-refractivity contribution in [2.24, 2.45) is 11.8 Å². The van der Waals surface area contributed by atoms with Gasteiger partial charge in [0, 0.05) is 38.8 Å². The third kappa shape index (κ3) is 3.28. The van der Waals surface area contributed by atoms with Crippen LogP contribution in [-0.4, -0.2) is 40.0 Å². The first-order valence-corrected chi connectivity index (χ1v) is 8.27. The highest BCUT2D eigenvalue weighted by Gasteiger charge is 2.30. The van der Waals surface area contributed by atoms with E-state index in [0.717, 1.165) is 32.0 Å². The van der Waals surface area contributed by atoms with Crippen molar-refractivity contribution in [3.63, 3.8) is 0 Å². The number of imidazole rings is 1. The second-order valence-electron chi connectivity index (χ2n) is 7.04. The van der Waals surface area contributed by atoms with E-state index in [4.69, 9.17) is 0 Å². The van der Waals surface area contributed by atoms with E-state index in [1.807, 2.05) is 12.5 Å². The Hall–Kier alpha value is -1.36. The highest BCUT2D eigenvalue weighted by Crippen LogP contribution is 2.33. The number of nitrogens with one attached hydrogen (secondary N) is 1. The van der Waals surface area contributed by atoms with Crippen LogP contribution in [0.25, 0.3) is 0 Å². The van der Waals surface area contributed by atoms with Crippen molar-refractivity contribution in [3.8, 4) is 0 Å². The molecule has 1 aromatic rings. The largest absolute Gasteiger partial charge is 0.354 e. The summed E-state index contributed by atoms with van der Waals surface area (Å²) in [6.45, 7) is 3.97. The first-order chi connectivity index (χ1) is 10.3. The maximum atomic E-state index is 11.9. The predicted molar refractivity (Wildman–Crippen MR) is 79.6 cm³/mol. The Morgan fingerprint density at radius 2 is 2.10 bits per heavy atom. The quantitative estimate of drug-likeness (QED) is 0.864. The summed E-state index contributed by atoms with van der Waals surface area (Å²) >= 11 is 0. The molecule has 1 N–H and O–H groups in total. The van der Waals surface area contributed by atoms with Crippen LogP contribution in [0.1, 0.15) is 43.8 Å². The molecule has 5 heteroatoms. The summed E-state index contributed by atoms with van der Waals surface area (Å²) in [5.74, 6) is 1.79. The fraction of sp³-hybridized carbons (Fsp3) is 0.750. The summed E-state index contributed by atoms with van der Waals surface area (Å²) in [7, 11) is 0. The summed E-state index contributed by atoms with van der Waals surface area (Å²) in [4.78, 5) is 18.7. The van der Waals surface area contributed by atoms with Gasteiger partial charge in [-0.3, -0.25) is 9.69 Å². The number of carbonyl (C=O) groups is 1. The maximum absolute atomic E-state index is 11.9. The third-order valence-electron chi connectivity index (χ3n) is 4.91. The van der Waals surface area contributed by atoms with Gasteiger partial charge in [-0.15, -0.1) is 0 Å². The Labute approximate surface area is 125 Å². The number of hydrogen-bond donors (Lipinski definition) is 1. The molecule has 1 amide bonds. The molecule has 0 saturated heterocycles. The zero-order valence-electron chi connectivity index (χ0n) is 12.5. The first-order valence-electron chi connectivity index (χ1n) is 8.27. The molecule has 0 bridgehead atoms. The molecule has 1 aliphatic heterocycles. The van der Waals surface area contributed by atoms with Gasteiger partial charge < -0.3 is 9.88 Å². The molecule has 2 aliphatic carbocycles. The fourth-order valence-electron chi connectivity index (χ4n) is 3.32. The summed E-state index contributed by atoms with van der Waals surface area (Å²) in [5.41, 5.74) is 1.28.